The normalized spacial score (nSPS) is 9.76. The maximum atomic E-state index is 11.5. The van der Waals surface area contributed by atoms with Crippen molar-refractivity contribution >= 4 is 29.0 Å². The van der Waals surface area contributed by atoms with E-state index in [1.165, 1.54) is 25.1 Å². The summed E-state index contributed by atoms with van der Waals surface area (Å²) in [6.07, 6.45) is 0. The lowest BCUT2D eigenvalue weighted by molar-refractivity contribution is -0.465. The Morgan fingerprint density at radius 1 is 1.47 bits per heavy atom. The zero-order valence-corrected chi connectivity index (χ0v) is 9.65. The number of hydrogen-bond acceptors (Lipinski definition) is 4. The fourth-order valence-corrected chi connectivity index (χ4v) is 1.45. The van der Waals surface area contributed by atoms with Gasteiger partial charge in [0.05, 0.1) is 5.02 Å². The Balaban J connectivity index is 3.01. The molecule has 6 nitrogen and oxygen atoms in total. The molecule has 0 saturated heterocycles. The van der Waals surface area contributed by atoms with Gasteiger partial charge in [0, 0.05) is 23.1 Å². The van der Waals surface area contributed by atoms with Crippen molar-refractivity contribution in [3.05, 3.63) is 38.9 Å². The SMILES string of the molecule is CC(=O)Nc1ccc(Cl)c(C(=O)C[N+](=O)[O-])c1. The predicted octanol–water partition coefficient (Wildman–Crippen LogP) is 1.76. The number of hydrogen-bond donors (Lipinski definition) is 1. The van der Waals surface area contributed by atoms with Crippen LogP contribution in [-0.4, -0.2) is 23.2 Å². The van der Waals surface area contributed by atoms with Crippen LogP contribution in [0.25, 0.3) is 0 Å². The second-order valence-electron chi connectivity index (χ2n) is 3.29. The lowest BCUT2D eigenvalue weighted by Crippen LogP contribution is -2.15. The molecule has 0 aliphatic carbocycles. The summed E-state index contributed by atoms with van der Waals surface area (Å²) in [6.45, 7) is 0.483. The zero-order chi connectivity index (χ0) is 13.0. The Morgan fingerprint density at radius 2 is 2.12 bits per heavy atom. The van der Waals surface area contributed by atoms with Gasteiger partial charge in [-0.25, -0.2) is 0 Å². The molecule has 0 saturated carbocycles. The summed E-state index contributed by atoms with van der Waals surface area (Å²) in [6, 6.07) is 4.22. The fraction of sp³-hybridized carbons (Fsp3) is 0.200. The number of Topliss-reactive ketones (excluding diaryl/α,β-unsaturated/α-hetero) is 1. The minimum Gasteiger partial charge on any atom is -0.326 e. The molecule has 17 heavy (non-hydrogen) atoms. The van der Waals surface area contributed by atoms with Gasteiger partial charge in [-0.15, -0.1) is 0 Å². The third-order valence-corrected chi connectivity index (χ3v) is 2.19. The second-order valence-corrected chi connectivity index (χ2v) is 3.70. The maximum absolute atomic E-state index is 11.5. The van der Waals surface area contributed by atoms with Crippen molar-refractivity contribution < 1.29 is 14.5 Å². The van der Waals surface area contributed by atoms with Gasteiger partial charge >= 0.3 is 0 Å². The summed E-state index contributed by atoms with van der Waals surface area (Å²) in [5, 5.41) is 12.8. The number of halogens is 1. The molecule has 1 amide bonds. The lowest BCUT2D eigenvalue weighted by Gasteiger charge is -2.05. The van der Waals surface area contributed by atoms with Crippen LogP contribution in [0.5, 0.6) is 0 Å². The van der Waals surface area contributed by atoms with Crippen LogP contribution < -0.4 is 5.32 Å². The number of amides is 1. The number of nitrogens with zero attached hydrogens (tertiary/aromatic N) is 1. The quantitative estimate of drug-likeness (QED) is 0.505. The van der Waals surface area contributed by atoms with Gasteiger partial charge in [0.25, 0.3) is 6.54 Å². The van der Waals surface area contributed by atoms with Crippen molar-refractivity contribution in [2.75, 3.05) is 11.9 Å². The molecular weight excluding hydrogens is 248 g/mol. The van der Waals surface area contributed by atoms with E-state index < -0.39 is 17.3 Å². The van der Waals surface area contributed by atoms with Crippen LogP contribution in [0.15, 0.2) is 18.2 Å². The van der Waals surface area contributed by atoms with E-state index in [4.69, 9.17) is 11.6 Å². The van der Waals surface area contributed by atoms with Crippen LogP contribution in [-0.2, 0) is 4.79 Å². The Hall–Kier alpha value is -1.95. The van der Waals surface area contributed by atoms with E-state index in [-0.39, 0.29) is 16.5 Å². The molecule has 0 heterocycles. The van der Waals surface area contributed by atoms with Crippen molar-refractivity contribution in [2.45, 2.75) is 6.92 Å². The molecule has 0 aliphatic heterocycles. The molecular formula is C10H9ClN2O4. The fourth-order valence-electron chi connectivity index (χ4n) is 1.22. The van der Waals surface area contributed by atoms with E-state index >= 15 is 0 Å². The monoisotopic (exact) mass is 256 g/mol. The summed E-state index contributed by atoms with van der Waals surface area (Å²) < 4.78 is 0. The standard InChI is InChI=1S/C10H9ClN2O4/c1-6(14)12-7-2-3-9(11)8(4-7)10(15)5-13(16)17/h2-4H,5H2,1H3,(H,12,14). The van der Waals surface area contributed by atoms with Crippen LogP contribution in [0.4, 0.5) is 5.69 Å². The molecule has 0 bridgehead atoms. The molecule has 0 fully saturated rings. The highest BCUT2D eigenvalue weighted by Gasteiger charge is 2.16. The zero-order valence-electron chi connectivity index (χ0n) is 8.90. The molecule has 0 spiro atoms. The number of rotatable bonds is 4. The molecule has 1 aromatic carbocycles. The first-order valence-corrected chi connectivity index (χ1v) is 5.00. The summed E-state index contributed by atoms with van der Waals surface area (Å²) in [4.78, 5) is 31.8. The van der Waals surface area contributed by atoms with E-state index in [9.17, 15) is 19.7 Å². The van der Waals surface area contributed by atoms with Gasteiger partial charge in [-0.3, -0.25) is 19.7 Å². The molecule has 0 aliphatic rings. The predicted molar refractivity (Wildman–Crippen MR) is 61.9 cm³/mol. The molecule has 0 atom stereocenters. The summed E-state index contributed by atoms with van der Waals surface area (Å²) >= 11 is 5.75. The topological polar surface area (TPSA) is 89.3 Å². The summed E-state index contributed by atoms with van der Waals surface area (Å²) in [5.74, 6) is -1.01. The largest absolute Gasteiger partial charge is 0.326 e. The van der Waals surface area contributed by atoms with Gasteiger partial charge in [-0.05, 0) is 18.2 Å². The first-order chi connectivity index (χ1) is 7.90. The van der Waals surface area contributed by atoms with E-state index in [1.54, 1.807) is 0 Å². The van der Waals surface area contributed by atoms with Gasteiger partial charge in [0.2, 0.25) is 11.7 Å². The van der Waals surface area contributed by atoms with Gasteiger partial charge < -0.3 is 5.32 Å². The molecule has 1 rings (SSSR count). The molecule has 7 heteroatoms. The van der Waals surface area contributed by atoms with Gasteiger partial charge in [0.1, 0.15) is 0 Å². The third-order valence-electron chi connectivity index (χ3n) is 1.86. The van der Waals surface area contributed by atoms with Gasteiger partial charge in [-0.1, -0.05) is 11.6 Å². The van der Waals surface area contributed by atoms with Crippen LogP contribution >= 0.6 is 11.6 Å². The number of nitrogens with one attached hydrogen (secondary N) is 1. The van der Waals surface area contributed by atoms with E-state index in [1.807, 2.05) is 0 Å². The van der Waals surface area contributed by atoms with Gasteiger partial charge in [-0.2, -0.15) is 0 Å². The minimum atomic E-state index is -0.830. The highest BCUT2D eigenvalue weighted by atomic mass is 35.5. The molecule has 1 aromatic rings. The molecule has 0 unspecified atom stereocenters. The molecule has 0 radical (unpaired) electrons. The Labute approximate surface area is 102 Å². The number of ketones is 1. The highest BCUT2D eigenvalue weighted by Crippen LogP contribution is 2.21. The number of benzene rings is 1. The second kappa shape index (κ2) is 5.40. The van der Waals surface area contributed by atoms with Crippen LogP contribution in [0.2, 0.25) is 5.02 Å². The maximum Gasteiger partial charge on any atom is 0.265 e. The summed E-state index contributed by atoms with van der Waals surface area (Å²) in [7, 11) is 0. The number of carbonyl (C=O) groups is 2. The van der Waals surface area contributed by atoms with Crippen molar-refractivity contribution in [1.82, 2.24) is 0 Å². The first kappa shape index (κ1) is 13.1. The smallest absolute Gasteiger partial charge is 0.265 e. The molecule has 1 N–H and O–H groups in total. The van der Waals surface area contributed by atoms with Crippen molar-refractivity contribution in [2.24, 2.45) is 0 Å². The third kappa shape index (κ3) is 3.84. The van der Waals surface area contributed by atoms with E-state index in [0.29, 0.717) is 5.69 Å². The van der Waals surface area contributed by atoms with Crippen molar-refractivity contribution in [3.63, 3.8) is 0 Å². The highest BCUT2D eigenvalue weighted by molar-refractivity contribution is 6.34. The molecule has 0 aromatic heterocycles. The van der Waals surface area contributed by atoms with E-state index in [2.05, 4.69) is 5.32 Å². The summed E-state index contributed by atoms with van der Waals surface area (Å²) in [5.41, 5.74) is 0.392. The van der Waals surface area contributed by atoms with Crippen molar-refractivity contribution in [1.29, 1.82) is 0 Å². The first-order valence-electron chi connectivity index (χ1n) is 4.62. The van der Waals surface area contributed by atoms with Crippen LogP contribution in [0.1, 0.15) is 17.3 Å². The van der Waals surface area contributed by atoms with Crippen LogP contribution in [0.3, 0.4) is 0 Å². The average Bonchev–Trinajstić information content (AvgIpc) is 2.19. The number of anilines is 1. The Kier molecular flexibility index (Phi) is 4.17. The molecule has 90 valence electrons. The average molecular weight is 257 g/mol. The Bertz CT molecular complexity index is 487. The van der Waals surface area contributed by atoms with E-state index in [0.717, 1.165) is 0 Å². The number of carbonyl (C=O) groups excluding carboxylic acids is 2. The minimum absolute atomic E-state index is 0.0228. The number of nitro groups is 1. The lowest BCUT2D eigenvalue weighted by atomic mass is 10.1. The van der Waals surface area contributed by atoms with Crippen molar-refractivity contribution in [3.8, 4) is 0 Å². The Morgan fingerprint density at radius 3 is 2.65 bits per heavy atom. The van der Waals surface area contributed by atoms with Gasteiger partial charge in [0.15, 0.2) is 0 Å². The van der Waals surface area contributed by atoms with Crippen LogP contribution in [0, 0.1) is 10.1 Å².